The third-order valence-electron chi connectivity index (χ3n) is 3.21. The molecule has 17 heavy (non-hydrogen) atoms. The first-order valence-electron chi connectivity index (χ1n) is 5.78. The Balaban J connectivity index is 2.56. The second kappa shape index (κ2) is 4.54. The first-order chi connectivity index (χ1) is 8.11. The van der Waals surface area contributed by atoms with Crippen LogP contribution in [0.4, 0.5) is 0 Å². The average Bonchev–Trinajstić information content (AvgIpc) is 2.35. The minimum Gasteiger partial charge on any atom is -0.289 e. The van der Waals surface area contributed by atoms with Crippen molar-refractivity contribution < 1.29 is 4.79 Å². The molecule has 0 aliphatic heterocycles. The van der Waals surface area contributed by atoms with Gasteiger partial charge in [-0.15, -0.1) is 0 Å². The monoisotopic (exact) mass is 224 g/mol. The van der Waals surface area contributed by atoms with Crippen molar-refractivity contribution in [2.24, 2.45) is 0 Å². The number of hydrogen-bond acceptors (Lipinski definition) is 1. The Morgan fingerprint density at radius 3 is 2.06 bits per heavy atom. The van der Waals surface area contributed by atoms with E-state index in [0.29, 0.717) is 0 Å². The standard InChI is InChI=1S/C16H16O/c1-11-9-10-12(2)15(13(11)3)16(17)14-7-5-4-6-8-14/h4-10H,1-3H3. The van der Waals surface area contributed by atoms with Crippen molar-refractivity contribution in [3.63, 3.8) is 0 Å². The highest BCUT2D eigenvalue weighted by atomic mass is 16.1. The zero-order valence-electron chi connectivity index (χ0n) is 10.4. The van der Waals surface area contributed by atoms with Crippen LogP contribution < -0.4 is 0 Å². The van der Waals surface area contributed by atoms with Crippen LogP contribution in [0, 0.1) is 20.8 Å². The van der Waals surface area contributed by atoms with Crippen LogP contribution in [0.15, 0.2) is 42.5 Å². The van der Waals surface area contributed by atoms with Gasteiger partial charge >= 0.3 is 0 Å². The molecule has 0 N–H and O–H groups in total. The molecule has 2 aromatic rings. The molecule has 1 nitrogen and oxygen atoms in total. The fourth-order valence-electron chi connectivity index (χ4n) is 2.03. The molecule has 0 saturated heterocycles. The zero-order chi connectivity index (χ0) is 12.4. The van der Waals surface area contributed by atoms with Crippen molar-refractivity contribution in [1.82, 2.24) is 0 Å². The third kappa shape index (κ3) is 2.14. The van der Waals surface area contributed by atoms with Gasteiger partial charge in [0.15, 0.2) is 5.78 Å². The molecule has 2 rings (SSSR count). The second-order valence-electron chi connectivity index (χ2n) is 4.39. The number of hydrogen-bond donors (Lipinski definition) is 0. The summed E-state index contributed by atoms with van der Waals surface area (Å²) in [4.78, 5) is 12.4. The topological polar surface area (TPSA) is 17.1 Å². The van der Waals surface area contributed by atoms with E-state index >= 15 is 0 Å². The Morgan fingerprint density at radius 1 is 0.824 bits per heavy atom. The number of rotatable bonds is 2. The van der Waals surface area contributed by atoms with Crippen molar-refractivity contribution in [3.8, 4) is 0 Å². The van der Waals surface area contributed by atoms with E-state index in [1.807, 2.05) is 57.2 Å². The lowest BCUT2D eigenvalue weighted by Crippen LogP contribution is -2.07. The van der Waals surface area contributed by atoms with Gasteiger partial charge in [0.25, 0.3) is 0 Å². The van der Waals surface area contributed by atoms with Gasteiger partial charge in [0, 0.05) is 11.1 Å². The van der Waals surface area contributed by atoms with Crippen molar-refractivity contribution in [2.45, 2.75) is 20.8 Å². The van der Waals surface area contributed by atoms with Crippen LogP contribution in [0.25, 0.3) is 0 Å². The van der Waals surface area contributed by atoms with Crippen LogP contribution in [-0.4, -0.2) is 5.78 Å². The predicted molar refractivity (Wildman–Crippen MR) is 70.5 cm³/mol. The van der Waals surface area contributed by atoms with Crippen LogP contribution >= 0.6 is 0 Å². The Hall–Kier alpha value is -1.89. The lowest BCUT2D eigenvalue weighted by Gasteiger charge is -2.11. The number of carbonyl (C=O) groups excluding carboxylic acids is 1. The van der Waals surface area contributed by atoms with Gasteiger partial charge in [0.05, 0.1) is 0 Å². The van der Waals surface area contributed by atoms with Gasteiger partial charge in [0.1, 0.15) is 0 Å². The lowest BCUT2D eigenvalue weighted by molar-refractivity contribution is 0.103. The summed E-state index contributed by atoms with van der Waals surface area (Å²) in [5.74, 6) is 0.115. The molecule has 0 spiro atoms. The molecule has 0 unspecified atom stereocenters. The average molecular weight is 224 g/mol. The van der Waals surface area contributed by atoms with Crippen LogP contribution in [0.1, 0.15) is 32.6 Å². The molecule has 2 aromatic carbocycles. The van der Waals surface area contributed by atoms with E-state index in [1.54, 1.807) is 0 Å². The van der Waals surface area contributed by atoms with Crippen LogP contribution in [0.3, 0.4) is 0 Å². The SMILES string of the molecule is Cc1ccc(C)c(C(=O)c2ccccc2)c1C. The Labute approximate surface area is 102 Å². The van der Waals surface area contributed by atoms with Gasteiger partial charge in [-0.05, 0) is 37.5 Å². The summed E-state index contributed by atoms with van der Waals surface area (Å²) >= 11 is 0. The maximum Gasteiger partial charge on any atom is 0.193 e. The Kier molecular flexibility index (Phi) is 3.10. The summed E-state index contributed by atoms with van der Waals surface area (Å²) in [6.45, 7) is 6.04. The van der Waals surface area contributed by atoms with Crippen LogP contribution in [0.2, 0.25) is 0 Å². The molecule has 0 aromatic heterocycles. The fourth-order valence-corrected chi connectivity index (χ4v) is 2.03. The minimum atomic E-state index is 0.115. The molecule has 0 bridgehead atoms. The zero-order valence-corrected chi connectivity index (χ0v) is 10.4. The van der Waals surface area contributed by atoms with Crippen molar-refractivity contribution >= 4 is 5.78 Å². The summed E-state index contributed by atoms with van der Waals surface area (Å²) in [6.07, 6.45) is 0. The normalized spacial score (nSPS) is 10.3. The number of aryl methyl sites for hydroxylation is 2. The van der Waals surface area contributed by atoms with Gasteiger partial charge in [-0.2, -0.15) is 0 Å². The molecule has 0 amide bonds. The molecule has 0 aliphatic rings. The Bertz CT molecular complexity index is 553. The van der Waals surface area contributed by atoms with Gasteiger partial charge in [0.2, 0.25) is 0 Å². The van der Waals surface area contributed by atoms with Crippen LogP contribution in [-0.2, 0) is 0 Å². The molecule has 0 fully saturated rings. The van der Waals surface area contributed by atoms with E-state index in [0.717, 1.165) is 27.8 Å². The fraction of sp³-hybridized carbons (Fsp3) is 0.188. The first kappa shape index (κ1) is 11.6. The Morgan fingerprint density at radius 2 is 1.41 bits per heavy atom. The van der Waals surface area contributed by atoms with Gasteiger partial charge in [-0.1, -0.05) is 42.5 Å². The highest BCUT2D eigenvalue weighted by Gasteiger charge is 2.14. The maximum atomic E-state index is 12.4. The van der Waals surface area contributed by atoms with Gasteiger partial charge in [-0.25, -0.2) is 0 Å². The van der Waals surface area contributed by atoms with E-state index in [-0.39, 0.29) is 5.78 Å². The van der Waals surface area contributed by atoms with E-state index in [4.69, 9.17) is 0 Å². The largest absolute Gasteiger partial charge is 0.289 e. The highest BCUT2D eigenvalue weighted by Crippen LogP contribution is 2.21. The maximum absolute atomic E-state index is 12.4. The molecule has 1 heteroatoms. The molecular weight excluding hydrogens is 208 g/mol. The van der Waals surface area contributed by atoms with Crippen molar-refractivity contribution in [1.29, 1.82) is 0 Å². The summed E-state index contributed by atoms with van der Waals surface area (Å²) in [5, 5.41) is 0. The van der Waals surface area contributed by atoms with E-state index < -0.39 is 0 Å². The minimum absolute atomic E-state index is 0.115. The molecule has 0 atom stereocenters. The molecule has 86 valence electrons. The highest BCUT2D eigenvalue weighted by molar-refractivity contribution is 6.10. The summed E-state index contributed by atoms with van der Waals surface area (Å²) in [6, 6.07) is 13.5. The van der Waals surface area contributed by atoms with E-state index in [1.165, 1.54) is 0 Å². The third-order valence-corrected chi connectivity index (χ3v) is 3.21. The second-order valence-corrected chi connectivity index (χ2v) is 4.39. The molecular formula is C16H16O. The summed E-state index contributed by atoms with van der Waals surface area (Å²) < 4.78 is 0. The number of benzene rings is 2. The summed E-state index contributed by atoms with van der Waals surface area (Å²) in [7, 11) is 0. The van der Waals surface area contributed by atoms with E-state index in [2.05, 4.69) is 6.07 Å². The van der Waals surface area contributed by atoms with E-state index in [9.17, 15) is 4.79 Å². The lowest BCUT2D eigenvalue weighted by atomic mass is 9.92. The first-order valence-corrected chi connectivity index (χ1v) is 5.78. The molecule has 0 saturated carbocycles. The molecule has 0 radical (unpaired) electrons. The summed E-state index contributed by atoms with van der Waals surface area (Å²) in [5.41, 5.74) is 4.89. The predicted octanol–water partition coefficient (Wildman–Crippen LogP) is 3.84. The number of carbonyl (C=O) groups is 1. The molecule has 0 heterocycles. The van der Waals surface area contributed by atoms with Gasteiger partial charge < -0.3 is 0 Å². The van der Waals surface area contributed by atoms with Gasteiger partial charge in [-0.3, -0.25) is 4.79 Å². The quantitative estimate of drug-likeness (QED) is 0.708. The molecule has 0 aliphatic carbocycles. The smallest absolute Gasteiger partial charge is 0.193 e. The van der Waals surface area contributed by atoms with Crippen molar-refractivity contribution in [3.05, 3.63) is 70.3 Å². The van der Waals surface area contributed by atoms with Crippen LogP contribution in [0.5, 0.6) is 0 Å². The van der Waals surface area contributed by atoms with Crippen molar-refractivity contribution in [2.75, 3.05) is 0 Å². The number of ketones is 1.